The standard InChI is InChI=1S/C17H22N2O/c1-17(2,3)11-10-15(20)14-12-19(4)16(18-14)13-8-6-5-7-9-13/h5-9,12H,10-11H2,1-4H3. The third kappa shape index (κ3) is 3.56. The average molecular weight is 270 g/mol. The number of Topliss-reactive ketones (excluding diaryl/α,β-unsaturated/α-hetero) is 1. The van der Waals surface area contributed by atoms with E-state index in [-0.39, 0.29) is 11.2 Å². The molecule has 3 nitrogen and oxygen atoms in total. The van der Waals surface area contributed by atoms with Gasteiger partial charge in [-0.25, -0.2) is 4.98 Å². The maximum Gasteiger partial charge on any atom is 0.182 e. The third-order valence-corrected chi connectivity index (χ3v) is 3.30. The van der Waals surface area contributed by atoms with Crippen molar-refractivity contribution >= 4 is 5.78 Å². The molecule has 0 bridgehead atoms. The smallest absolute Gasteiger partial charge is 0.182 e. The van der Waals surface area contributed by atoms with E-state index in [1.165, 1.54) is 0 Å². The van der Waals surface area contributed by atoms with Crippen molar-refractivity contribution in [2.75, 3.05) is 0 Å². The van der Waals surface area contributed by atoms with E-state index in [4.69, 9.17) is 0 Å². The number of nitrogens with zero attached hydrogens (tertiary/aromatic N) is 2. The molecule has 0 amide bonds. The van der Waals surface area contributed by atoms with Gasteiger partial charge in [-0.15, -0.1) is 0 Å². The van der Waals surface area contributed by atoms with E-state index in [2.05, 4.69) is 25.8 Å². The number of benzene rings is 1. The number of aryl methyl sites for hydroxylation is 1. The minimum atomic E-state index is 0.123. The molecule has 0 aliphatic rings. The fraction of sp³-hybridized carbons (Fsp3) is 0.412. The van der Waals surface area contributed by atoms with Crippen LogP contribution in [0.2, 0.25) is 0 Å². The Morgan fingerprint density at radius 3 is 2.45 bits per heavy atom. The SMILES string of the molecule is Cn1cc(C(=O)CCC(C)(C)C)nc1-c1ccccc1. The van der Waals surface area contributed by atoms with Gasteiger partial charge in [0.2, 0.25) is 0 Å². The minimum absolute atomic E-state index is 0.123. The second-order valence-electron chi connectivity index (χ2n) is 6.41. The minimum Gasteiger partial charge on any atom is -0.333 e. The summed E-state index contributed by atoms with van der Waals surface area (Å²) in [5, 5.41) is 0. The first-order valence-electron chi connectivity index (χ1n) is 6.99. The Morgan fingerprint density at radius 2 is 1.85 bits per heavy atom. The summed E-state index contributed by atoms with van der Waals surface area (Å²) < 4.78 is 1.92. The normalized spacial score (nSPS) is 11.6. The van der Waals surface area contributed by atoms with Crippen LogP contribution in [0.15, 0.2) is 36.5 Å². The zero-order valence-corrected chi connectivity index (χ0v) is 12.7. The maximum absolute atomic E-state index is 12.2. The summed E-state index contributed by atoms with van der Waals surface area (Å²) in [5.74, 6) is 0.961. The Bertz CT molecular complexity index is 591. The Labute approximate surface area is 120 Å². The molecular weight excluding hydrogens is 248 g/mol. The quantitative estimate of drug-likeness (QED) is 0.784. The lowest BCUT2D eigenvalue weighted by Crippen LogP contribution is -2.09. The van der Waals surface area contributed by atoms with Crippen LogP contribution in [-0.2, 0) is 7.05 Å². The third-order valence-electron chi connectivity index (χ3n) is 3.30. The topological polar surface area (TPSA) is 34.9 Å². The van der Waals surface area contributed by atoms with Gasteiger partial charge in [0, 0.05) is 25.2 Å². The van der Waals surface area contributed by atoms with E-state index in [1.807, 2.05) is 48.1 Å². The lowest BCUT2D eigenvalue weighted by Gasteiger charge is -2.16. The number of aromatic nitrogens is 2. The summed E-state index contributed by atoms with van der Waals surface area (Å²) in [4.78, 5) is 16.7. The monoisotopic (exact) mass is 270 g/mol. The molecule has 3 heteroatoms. The molecule has 0 fully saturated rings. The Kier molecular flexibility index (Phi) is 4.07. The van der Waals surface area contributed by atoms with Crippen molar-refractivity contribution in [1.82, 2.24) is 9.55 Å². The van der Waals surface area contributed by atoms with Crippen molar-refractivity contribution in [3.63, 3.8) is 0 Å². The molecule has 1 aromatic carbocycles. The zero-order chi connectivity index (χ0) is 14.8. The van der Waals surface area contributed by atoms with Crippen molar-refractivity contribution < 1.29 is 4.79 Å². The number of imidazole rings is 1. The van der Waals surface area contributed by atoms with Crippen molar-refractivity contribution in [3.05, 3.63) is 42.2 Å². The predicted molar refractivity (Wildman–Crippen MR) is 81.7 cm³/mol. The van der Waals surface area contributed by atoms with E-state index in [1.54, 1.807) is 0 Å². The van der Waals surface area contributed by atoms with Gasteiger partial charge in [0.1, 0.15) is 11.5 Å². The second-order valence-corrected chi connectivity index (χ2v) is 6.41. The molecule has 106 valence electrons. The zero-order valence-electron chi connectivity index (χ0n) is 12.7. The molecule has 1 heterocycles. The average Bonchev–Trinajstić information content (AvgIpc) is 2.78. The van der Waals surface area contributed by atoms with Gasteiger partial charge in [-0.2, -0.15) is 0 Å². The van der Waals surface area contributed by atoms with Crippen LogP contribution in [0.5, 0.6) is 0 Å². The van der Waals surface area contributed by atoms with Crippen molar-refractivity contribution in [1.29, 1.82) is 0 Å². The fourth-order valence-electron chi connectivity index (χ4n) is 2.07. The van der Waals surface area contributed by atoms with Crippen molar-refractivity contribution in [2.45, 2.75) is 33.6 Å². The maximum atomic E-state index is 12.2. The molecule has 0 aliphatic carbocycles. The predicted octanol–water partition coefficient (Wildman–Crippen LogP) is 4.10. The van der Waals surface area contributed by atoms with Crippen LogP contribution in [0.3, 0.4) is 0 Å². The van der Waals surface area contributed by atoms with Crippen LogP contribution < -0.4 is 0 Å². The molecule has 2 aromatic rings. The Hall–Kier alpha value is -1.90. The van der Waals surface area contributed by atoms with Gasteiger partial charge in [-0.1, -0.05) is 51.1 Å². The highest BCUT2D eigenvalue weighted by Crippen LogP contribution is 2.23. The molecule has 0 saturated heterocycles. The van der Waals surface area contributed by atoms with Crippen molar-refractivity contribution in [2.24, 2.45) is 12.5 Å². The molecule has 0 radical (unpaired) electrons. The lowest BCUT2D eigenvalue weighted by atomic mass is 9.89. The molecule has 0 atom stereocenters. The van der Waals surface area contributed by atoms with E-state index in [9.17, 15) is 4.79 Å². The van der Waals surface area contributed by atoms with Crippen LogP contribution >= 0.6 is 0 Å². The summed E-state index contributed by atoms with van der Waals surface area (Å²) in [6.45, 7) is 6.44. The number of carbonyl (C=O) groups is 1. The lowest BCUT2D eigenvalue weighted by molar-refractivity contribution is 0.0961. The van der Waals surface area contributed by atoms with Crippen LogP contribution in [0.4, 0.5) is 0 Å². The van der Waals surface area contributed by atoms with Crippen LogP contribution in [0.25, 0.3) is 11.4 Å². The van der Waals surface area contributed by atoms with Crippen LogP contribution in [-0.4, -0.2) is 15.3 Å². The second kappa shape index (κ2) is 5.61. The summed E-state index contributed by atoms with van der Waals surface area (Å²) in [5.41, 5.74) is 1.77. The van der Waals surface area contributed by atoms with Gasteiger partial charge >= 0.3 is 0 Å². The van der Waals surface area contributed by atoms with Gasteiger partial charge in [-0.05, 0) is 11.8 Å². The van der Waals surface area contributed by atoms with E-state index in [0.29, 0.717) is 12.1 Å². The van der Waals surface area contributed by atoms with Gasteiger partial charge in [0.25, 0.3) is 0 Å². The van der Waals surface area contributed by atoms with E-state index >= 15 is 0 Å². The molecule has 0 N–H and O–H groups in total. The first kappa shape index (κ1) is 14.5. The molecule has 0 aliphatic heterocycles. The van der Waals surface area contributed by atoms with E-state index in [0.717, 1.165) is 17.8 Å². The molecule has 0 saturated carbocycles. The van der Waals surface area contributed by atoms with Gasteiger partial charge in [0.15, 0.2) is 5.78 Å². The molecule has 20 heavy (non-hydrogen) atoms. The molecule has 2 rings (SSSR count). The molecular formula is C17H22N2O. The van der Waals surface area contributed by atoms with Gasteiger partial charge in [0.05, 0.1) is 0 Å². The first-order valence-corrected chi connectivity index (χ1v) is 6.99. The highest BCUT2D eigenvalue weighted by atomic mass is 16.1. The summed E-state index contributed by atoms with van der Waals surface area (Å²) >= 11 is 0. The number of rotatable bonds is 4. The highest BCUT2D eigenvalue weighted by Gasteiger charge is 2.17. The van der Waals surface area contributed by atoms with Gasteiger partial charge in [-0.3, -0.25) is 4.79 Å². The molecule has 1 aromatic heterocycles. The largest absolute Gasteiger partial charge is 0.333 e. The Morgan fingerprint density at radius 1 is 1.20 bits per heavy atom. The Balaban J connectivity index is 2.17. The molecule has 0 spiro atoms. The fourth-order valence-corrected chi connectivity index (χ4v) is 2.07. The van der Waals surface area contributed by atoms with Gasteiger partial charge < -0.3 is 4.57 Å². The first-order chi connectivity index (χ1) is 9.37. The van der Waals surface area contributed by atoms with Crippen LogP contribution in [0.1, 0.15) is 44.1 Å². The summed E-state index contributed by atoms with van der Waals surface area (Å²) in [6.07, 6.45) is 3.26. The highest BCUT2D eigenvalue weighted by molar-refractivity contribution is 5.94. The summed E-state index contributed by atoms with van der Waals surface area (Å²) in [7, 11) is 1.93. The number of carbonyl (C=O) groups excluding carboxylic acids is 1. The number of ketones is 1. The number of hydrogen-bond donors (Lipinski definition) is 0. The van der Waals surface area contributed by atoms with Crippen molar-refractivity contribution in [3.8, 4) is 11.4 Å². The van der Waals surface area contributed by atoms with Crippen LogP contribution in [0, 0.1) is 5.41 Å². The number of hydrogen-bond acceptors (Lipinski definition) is 2. The summed E-state index contributed by atoms with van der Waals surface area (Å²) in [6, 6.07) is 9.94. The van der Waals surface area contributed by atoms with E-state index < -0.39 is 0 Å². The molecule has 0 unspecified atom stereocenters.